The minimum absolute atomic E-state index is 0.00109. The molecule has 4 rings (SSSR count). The lowest BCUT2D eigenvalue weighted by molar-refractivity contribution is 0.557. The number of hydrogen-bond donors (Lipinski definition) is 4. The van der Waals surface area contributed by atoms with Crippen molar-refractivity contribution >= 4 is 42.9 Å². The van der Waals surface area contributed by atoms with Gasteiger partial charge in [-0.2, -0.15) is 5.11 Å². The zero-order valence-electron chi connectivity index (χ0n) is 18.3. The third-order valence-electron chi connectivity index (χ3n) is 5.31. The summed E-state index contributed by atoms with van der Waals surface area (Å²) in [6.07, 6.45) is 0. The quantitative estimate of drug-likeness (QED) is 0.351. The summed E-state index contributed by atoms with van der Waals surface area (Å²) in [7, 11) is -7.20. The molecular weight excluding hydrogens is 482 g/mol. The Morgan fingerprint density at radius 3 is 2.50 bits per heavy atom. The fourth-order valence-corrected chi connectivity index (χ4v) is 6.55. The number of anilines is 1. The van der Waals surface area contributed by atoms with Gasteiger partial charge in [0.05, 0.1) is 16.6 Å². The van der Waals surface area contributed by atoms with Crippen LogP contribution in [0.25, 0.3) is 22.2 Å². The van der Waals surface area contributed by atoms with Crippen LogP contribution in [0.2, 0.25) is 0 Å². The number of aromatic nitrogens is 2. The summed E-state index contributed by atoms with van der Waals surface area (Å²) < 4.78 is 56.0. The number of nitrogens with one attached hydrogen (secondary N) is 1. The van der Waals surface area contributed by atoms with Crippen molar-refractivity contribution in [1.29, 1.82) is 0 Å². The number of benzene rings is 2. The molecule has 3 aromatic rings. The number of nitrogens with zero attached hydrogens (tertiary/aromatic N) is 5. The number of imidazole rings is 1. The van der Waals surface area contributed by atoms with Gasteiger partial charge in [-0.15, -0.1) is 5.11 Å². The lowest BCUT2D eigenvalue weighted by atomic mass is 9.97. The Balaban J connectivity index is 2.13. The van der Waals surface area contributed by atoms with E-state index >= 15 is 0 Å². The van der Waals surface area contributed by atoms with Crippen molar-refractivity contribution in [2.45, 2.75) is 22.8 Å². The molecule has 0 saturated carbocycles. The molecule has 7 N–H and O–H groups in total. The van der Waals surface area contributed by atoms with E-state index in [0.717, 1.165) is 0 Å². The first-order valence-corrected chi connectivity index (χ1v) is 13.0. The third-order valence-corrected chi connectivity index (χ3v) is 8.07. The molecule has 0 bridgehead atoms. The van der Waals surface area contributed by atoms with Crippen LogP contribution < -0.4 is 21.3 Å². The van der Waals surface area contributed by atoms with Gasteiger partial charge < -0.3 is 16.0 Å². The second kappa shape index (κ2) is 8.52. The number of amidine groups is 1. The number of sulfonamides is 2. The Kier molecular flexibility index (Phi) is 5.99. The van der Waals surface area contributed by atoms with Crippen LogP contribution in [0.3, 0.4) is 0 Å². The van der Waals surface area contributed by atoms with Gasteiger partial charge in [-0.3, -0.25) is 0 Å². The lowest BCUT2D eigenvalue weighted by Crippen LogP contribution is -2.38. The van der Waals surface area contributed by atoms with Crippen LogP contribution in [0.15, 0.2) is 55.3 Å². The van der Waals surface area contributed by atoms with Crippen molar-refractivity contribution in [3.8, 4) is 11.1 Å². The maximum absolute atomic E-state index is 13.1. The van der Waals surface area contributed by atoms with Crippen molar-refractivity contribution in [1.82, 2.24) is 14.3 Å². The molecule has 0 saturated heterocycles. The van der Waals surface area contributed by atoms with Gasteiger partial charge >= 0.3 is 0 Å². The molecule has 0 aliphatic carbocycles. The molecule has 0 amide bonds. The molecule has 180 valence electrons. The van der Waals surface area contributed by atoms with Gasteiger partial charge in [0.2, 0.25) is 26.0 Å². The van der Waals surface area contributed by atoms with Crippen molar-refractivity contribution in [3.05, 3.63) is 35.9 Å². The van der Waals surface area contributed by atoms with Crippen LogP contribution in [0.1, 0.15) is 12.5 Å². The number of nitrogens with two attached hydrogens (primary N) is 3. The molecule has 1 aromatic heterocycles. The van der Waals surface area contributed by atoms with Gasteiger partial charge in [0.25, 0.3) is 0 Å². The number of para-hydroxylation sites is 1. The summed E-state index contributed by atoms with van der Waals surface area (Å²) in [6, 6.07) is 7.22. The Morgan fingerprint density at radius 1 is 1.15 bits per heavy atom. The first-order chi connectivity index (χ1) is 16.0. The monoisotopic (exact) mass is 505 g/mol. The second-order valence-corrected chi connectivity index (χ2v) is 10.9. The highest BCUT2D eigenvalue weighted by molar-refractivity contribution is 7.92. The number of aryl methyl sites for hydroxylation is 1. The number of primary sulfonamides is 1. The number of nitrogen functional groups attached to an aromatic ring is 1. The summed E-state index contributed by atoms with van der Waals surface area (Å²) >= 11 is 0. The third kappa shape index (κ3) is 4.07. The number of fused-ring (bicyclic) bond motifs is 1. The van der Waals surface area contributed by atoms with Crippen LogP contribution in [0.5, 0.6) is 0 Å². The van der Waals surface area contributed by atoms with E-state index in [1.54, 1.807) is 36.7 Å². The molecule has 2 aromatic carbocycles. The van der Waals surface area contributed by atoms with Crippen molar-refractivity contribution in [3.63, 3.8) is 0 Å². The molecule has 2 heterocycles. The molecule has 0 radical (unpaired) electrons. The first-order valence-electron chi connectivity index (χ1n) is 10.0. The Morgan fingerprint density at radius 2 is 1.88 bits per heavy atom. The molecule has 1 aliphatic rings. The molecule has 0 unspecified atom stereocenters. The van der Waals surface area contributed by atoms with E-state index in [1.807, 2.05) is 0 Å². The van der Waals surface area contributed by atoms with Crippen molar-refractivity contribution in [2.24, 2.45) is 33.1 Å². The van der Waals surface area contributed by atoms with E-state index in [1.165, 1.54) is 12.1 Å². The lowest BCUT2D eigenvalue weighted by Gasteiger charge is -2.19. The standard InChI is InChI=1S/C19H23N9O4S2/c1-10(8-20)27-34(31,32)14-7-6-11(12-4-3-5-13-16(12)25-19(21)28(13)2)15(17(14)33(22,29)30)18-23-9-24-26-18/h3-7,10,27H,8-9,20H2,1-2H3,(H2,21,25)(H2,22,29,30)/t10-/m1/s1. The summed E-state index contributed by atoms with van der Waals surface area (Å²) in [5.74, 6) is 0.177. The number of rotatable bonds is 7. The van der Waals surface area contributed by atoms with E-state index < -0.39 is 35.9 Å². The topological polar surface area (TPSA) is 213 Å². The second-order valence-electron chi connectivity index (χ2n) is 7.69. The van der Waals surface area contributed by atoms with Crippen LogP contribution in [-0.4, -0.2) is 51.5 Å². The SMILES string of the molecule is C[C@H](CN)NS(=O)(=O)c1ccc(-c2cccc3c2nc(N)n3C)c(C2=NCN=N2)c1S(N)(=O)=O. The highest BCUT2D eigenvalue weighted by Crippen LogP contribution is 2.38. The van der Waals surface area contributed by atoms with Crippen molar-refractivity contribution in [2.75, 3.05) is 18.9 Å². The molecule has 1 aliphatic heterocycles. The molecular formula is C19H23N9O4S2. The molecule has 1 atom stereocenters. The molecule has 0 spiro atoms. The van der Waals surface area contributed by atoms with Gasteiger partial charge in [0.15, 0.2) is 12.5 Å². The van der Waals surface area contributed by atoms with E-state index in [-0.39, 0.29) is 30.6 Å². The van der Waals surface area contributed by atoms with Crippen LogP contribution in [0, 0.1) is 0 Å². The predicted molar refractivity (Wildman–Crippen MR) is 127 cm³/mol. The Labute approximate surface area is 195 Å². The van der Waals surface area contributed by atoms with E-state index in [4.69, 9.17) is 16.6 Å². The minimum Gasteiger partial charge on any atom is -0.369 e. The van der Waals surface area contributed by atoms with Gasteiger partial charge in [-0.25, -0.2) is 36.7 Å². The molecule has 13 nitrogen and oxygen atoms in total. The maximum Gasteiger partial charge on any atom is 0.242 e. The highest BCUT2D eigenvalue weighted by atomic mass is 32.2. The Bertz CT molecular complexity index is 1570. The number of azo groups is 1. The molecule has 34 heavy (non-hydrogen) atoms. The fraction of sp³-hybridized carbons (Fsp3) is 0.263. The summed E-state index contributed by atoms with van der Waals surface area (Å²) in [5.41, 5.74) is 13.4. The Hall–Kier alpha value is -3.24. The van der Waals surface area contributed by atoms with E-state index in [2.05, 4.69) is 24.9 Å². The minimum atomic E-state index is -4.60. The van der Waals surface area contributed by atoms with E-state index in [9.17, 15) is 16.8 Å². The summed E-state index contributed by atoms with van der Waals surface area (Å²) in [4.78, 5) is 7.34. The summed E-state index contributed by atoms with van der Waals surface area (Å²) in [6.45, 7) is 1.50. The molecule has 15 heteroatoms. The van der Waals surface area contributed by atoms with Gasteiger partial charge in [0.1, 0.15) is 9.79 Å². The van der Waals surface area contributed by atoms with Crippen LogP contribution in [-0.2, 0) is 27.1 Å². The fourth-order valence-electron chi connectivity index (χ4n) is 3.69. The van der Waals surface area contributed by atoms with Gasteiger partial charge in [-0.05, 0) is 24.6 Å². The first kappa shape index (κ1) is 23.9. The van der Waals surface area contributed by atoms with Gasteiger partial charge in [-0.1, -0.05) is 18.2 Å². The van der Waals surface area contributed by atoms with Crippen LogP contribution in [0.4, 0.5) is 5.95 Å². The van der Waals surface area contributed by atoms with E-state index in [0.29, 0.717) is 22.2 Å². The zero-order chi connectivity index (χ0) is 24.8. The highest BCUT2D eigenvalue weighted by Gasteiger charge is 2.33. The average Bonchev–Trinajstić information content (AvgIpc) is 3.40. The molecule has 0 fully saturated rings. The van der Waals surface area contributed by atoms with Crippen molar-refractivity contribution < 1.29 is 16.8 Å². The zero-order valence-corrected chi connectivity index (χ0v) is 19.9. The number of aliphatic imine (C=N–C) groups is 1. The summed E-state index contributed by atoms with van der Waals surface area (Å²) in [5, 5.41) is 13.3. The normalized spacial score (nSPS) is 15.1. The average molecular weight is 506 g/mol. The predicted octanol–water partition coefficient (Wildman–Crippen LogP) is 0.265. The maximum atomic E-state index is 13.1. The number of hydrogen-bond acceptors (Lipinski definition) is 10. The smallest absolute Gasteiger partial charge is 0.242 e. The van der Waals surface area contributed by atoms with Crippen LogP contribution >= 0.6 is 0 Å². The largest absolute Gasteiger partial charge is 0.369 e. The van der Waals surface area contributed by atoms with Gasteiger partial charge in [0, 0.05) is 25.2 Å².